The molecule has 0 N–H and O–H groups in total. The minimum Gasteiger partial charge on any atom is -0.492 e. The first-order valence-corrected chi connectivity index (χ1v) is 7.83. The molecule has 2 aromatic rings. The summed E-state index contributed by atoms with van der Waals surface area (Å²) in [5, 5.41) is 3.76. The second kappa shape index (κ2) is 6.87. The molecule has 0 amide bonds. The van der Waals surface area contributed by atoms with E-state index in [1.165, 1.54) is 7.11 Å². The molecule has 1 aromatic heterocycles. The molecule has 0 bridgehead atoms. The Morgan fingerprint density at radius 1 is 1.44 bits per heavy atom. The molecule has 1 heterocycles. The molecule has 0 atom stereocenters. The maximum absolute atomic E-state index is 14.7. The van der Waals surface area contributed by atoms with E-state index >= 15 is 0 Å². The lowest BCUT2D eigenvalue weighted by molar-refractivity contribution is 0.0526. The van der Waals surface area contributed by atoms with Gasteiger partial charge in [0.25, 0.3) is 0 Å². The number of nitrogens with zero attached hydrogens (tertiary/aromatic N) is 2. The van der Waals surface area contributed by atoms with Crippen LogP contribution in [0, 0.1) is 5.82 Å². The summed E-state index contributed by atoms with van der Waals surface area (Å²) in [6.45, 7) is 7.07. The van der Waals surface area contributed by atoms with Crippen LogP contribution in [0.5, 0.6) is 5.75 Å². The average molecular weight is 373 g/mol. The van der Waals surface area contributed by atoms with E-state index in [4.69, 9.17) is 25.5 Å². The summed E-state index contributed by atoms with van der Waals surface area (Å²) < 4.78 is 30.4. The summed E-state index contributed by atoms with van der Waals surface area (Å²) in [6.07, 6.45) is 0. The largest absolute Gasteiger partial charge is 0.492 e. The highest BCUT2D eigenvalue weighted by Crippen LogP contribution is 2.35. The number of hydrogen-bond donors (Lipinski definition) is 0. The van der Waals surface area contributed by atoms with Crippen LogP contribution in [0.4, 0.5) is 4.39 Å². The molecule has 0 aliphatic heterocycles. The molecule has 0 spiro atoms. The quantitative estimate of drug-likeness (QED) is 0.767. The first-order chi connectivity index (χ1) is 11.6. The van der Waals surface area contributed by atoms with E-state index < -0.39 is 28.7 Å². The summed E-state index contributed by atoms with van der Waals surface area (Å²) in [5.41, 5.74) is -1.04. The number of rotatable bonds is 4. The van der Waals surface area contributed by atoms with Crippen molar-refractivity contribution in [3.8, 4) is 11.4 Å². The summed E-state index contributed by atoms with van der Waals surface area (Å²) >= 11 is 6.02. The van der Waals surface area contributed by atoms with Crippen molar-refractivity contribution in [2.24, 2.45) is 0 Å². The van der Waals surface area contributed by atoms with Gasteiger partial charge in [-0.05, 0) is 13.0 Å². The van der Waals surface area contributed by atoms with Crippen molar-refractivity contribution >= 4 is 17.6 Å². The zero-order chi connectivity index (χ0) is 18.9. The monoisotopic (exact) mass is 372 g/mol. The molecule has 0 saturated carbocycles. The second-order valence-corrected chi connectivity index (χ2v) is 6.54. The Morgan fingerprint density at radius 3 is 2.56 bits per heavy atom. The molecule has 2 rings (SSSR count). The number of carbonyl (C=O) groups excluding carboxylic acids is 1. The van der Waals surface area contributed by atoms with Gasteiger partial charge in [0.15, 0.2) is 11.6 Å². The van der Waals surface area contributed by atoms with Gasteiger partial charge in [-0.25, -0.2) is 14.0 Å². The predicted octanol–water partition coefficient (Wildman–Crippen LogP) is 3.10. The van der Waals surface area contributed by atoms with E-state index in [0.29, 0.717) is 0 Å². The molecule has 25 heavy (non-hydrogen) atoms. The van der Waals surface area contributed by atoms with Gasteiger partial charge < -0.3 is 13.9 Å². The van der Waals surface area contributed by atoms with Crippen molar-refractivity contribution in [3.63, 3.8) is 0 Å². The lowest BCUT2D eigenvalue weighted by Gasteiger charge is -2.13. The minimum atomic E-state index is -0.948. The SMILES string of the molecule is CCOC(=O)c1cc(-n2nc(C(C)(C)C)oc2=O)c(F)c(OC)c1Cl. The number of benzene rings is 1. The molecule has 136 valence electrons. The van der Waals surface area contributed by atoms with Gasteiger partial charge in [0.2, 0.25) is 5.89 Å². The Hall–Kier alpha value is -2.35. The maximum Gasteiger partial charge on any atom is 0.442 e. The highest BCUT2D eigenvalue weighted by Gasteiger charge is 2.28. The molecule has 0 radical (unpaired) electrons. The van der Waals surface area contributed by atoms with Crippen molar-refractivity contribution in [2.45, 2.75) is 33.1 Å². The number of halogens is 2. The number of methoxy groups -OCH3 is 1. The fourth-order valence-corrected chi connectivity index (χ4v) is 2.31. The highest BCUT2D eigenvalue weighted by atomic mass is 35.5. The lowest BCUT2D eigenvalue weighted by atomic mass is 9.97. The standard InChI is InChI=1S/C16H18ClFN2O5/c1-6-24-13(21)8-7-9(11(18)12(23-5)10(8)17)20-15(22)25-14(19-20)16(2,3)4/h7H,6H2,1-5H3. The summed E-state index contributed by atoms with van der Waals surface area (Å²) in [4.78, 5) is 24.2. The molecular formula is C16H18ClFN2O5. The van der Waals surface area contributed by atoms with Crippen LogP contribution in [0.15, 0.2) is 15.3 Å². The molecule has 0 fully saturated rings. The Morgan fingerprint density at radius 2 is 2.08 bits per heavy atom. The molecule has 1 aromatic carbocycles. The number of ether oxygens (including phenoxy) is 2. The molecule has 0 aliphatic carbocycles. The smallest absolute Gasteiger partial charge is 0.442 e. The van der Waals surface area contributed by atoms with Crippen molar-refractivity contribution in [3.05, 3.63) is 38.9 Å². The van der Waals surface area contributed by atoms with Gasteiger partial charge >= 0.3 is 11.7 Å². The second-order valence-electron chi connectivity index (χ2n) is 6.16. The van der Waals surface area contributed by atoms with Crippen molar-refractivity contribution in [1.29, 1.82) is 0 Å². The lowest BCUT2D eigenvalue weighted by Crippen LogP contribution is -2.18. The number of hydrogen-bond acceptors (Lipinski definition) is 6. The van der Waals surface area contributed by atoms with E-state index in [0.717, 1.165) is 10.7 Å². The van der Waals surface area contributed by atoms with Gasteiger partial charge in [-0.3, -0.25) is 0 Å². The summed E-state index contributed by atoms with van der Waals surface area (Å²) in [7, 11) is 1.19. The normalized spacial score (nSPS) is 11.5. The molecule has 9 heteroatoms. The van der Waals surface area contributed by atoms with E-state index in [9.17, 15) is 14.0 Å². The number of carbonyl (C=O) groups is 1. The van der Waals surface area contributed by atoms with Gasteiger partial charge in [-0.1, -0.05) is 32.4 Å². The van der Waals surface area contributed by atoms with Crippen LogP contribution in [-0.4, -0.2) is 29.5 Å². The predicted molar refractivity (Wildman–Crippen MR) is 88.3 cm³/mol. The van der Waals surface area contributed by atoms with E-state index in [2.05, 4.69) is 5.10 Å². The van der Waals surface area contributed by atoms with Crippen LogP contribution in [0.3, 0.4) is 0 Å². The van der Waals surface area contributed by atoms with Crippen LogP contribution in [0.1, 0.15) is 43.9 Å². The Bertz CT molecular complexity index is 867. The van der Waals surface area contributed by atoms with Gasteiger partial charge in [-0.2, -0.15) is 4.68 Å². The van der Waals surface area contributed by atoms with E-state index in [1.807, 2.05) is 0 Å². The van der Waals surface area contributed by atoms with Gasteiger partial charge in [0.1, 0.15) is 10.7 Å². The first kappa shape index (κ1) is 19.0. The van der Waals surface area contributed by atoms with Gasteiger partial charge in [0.05, 0.1) is 19.3 Å². The Labute approximate surface area is 148 Å². The van der Waals surface area contributed by atoms with Crippen LogP contribution in [-0.2, 0) is 10.2 Å². The minimum absolute atomic E-state index is 0.0995. The fourth-order valence-electron chi connectivity index (χ4n) is 2.02. The highest BCUT2D eigenvalue weighted by molar-refractivity contribution is 6.35. The summed E-state index contributed by atoms with van der Waals surface area (Å²) in [5.74, 6) is -2.91. The first-order valence-electron chi connectivity index (χ1n) is 7.45. The molecule has 0 unspecified atom stereocenters. The number of aromatic nitrogens is 2. The van der Waals surface area contributed by atoms with Gasteiger partial charge in [0, 0.05) is 5.41 Å². The van der Waals surface area contributed by atoms with Crippen LogP contribution in [0.25, 0.3) is 5.69 Å². The van der Waals surface area contributed by atoms with Crippen molar-refractivity contribution in [2.75, 3.05) is 13.7 Å². The third-order valence-electron chi connectivity index (χ3n) is 3.26. The Kier molecular flexibility index (Phi) is 5.22. The van der Waals surface area contributed by atoms with E-state index in [1.54, 1.807) is 27.7 Å². The van der Waals surface area contributed by atoms with Crippen molar-refractivity contribution < 1.29 is 23.1 Å². The van der Waals surface area contributed by atoms with Crippen LogP contribution < -0.4 is 10.5 Å². The van der Waals surface area contributed by atoms with Crippen LogP contribution >= 0.6 is 11.6 Å². The molecule has 0 saturated heterocycles. The average Bonchev–Trinajstić information content (AvgIpc) is 2.90. The zero-order valence-corrected chi connectivity index (χ0v) is 15.2. The third-order valence-corrected chi connectivity index (χ3v) is 3.63. The zero-order valence-electron chi connectivity index (χ0n) is 14.5. The topological polar surface area (TPSA) is 83.6 Å². The van der Waals surface area contributed by atoms with Crippen molar-refractivity contribution in [1.82, 2.24) is 9.78 Å². The van der Waals surface area contributed by atoms with E-state index in [-0.39, 0.29) is 28.8 Å². The van der Waals surface area contributed by atoms with Crippen LogP contribution in [0.2, 0.25) is 5.02 Å². The van der Waals surface area contributed by atoms with Gasteiger partial charge in [-0.15, -0.1) is 5.10 Å². The molecular weight excluding hydrogens is 355 g/mol. The number of esters is 1. The Balaban J connectivity index is 2.74. The maximum atomic E-state index is 14.7. The molecule has 7 nitrogen and oxygen atoms in total. The molecule has 0 aliphatic rings. The fraction of sp³-hybridized carbons (Fsp3) is 0.438. The third kappa shape index (κ3) is 3.53. The summed E-state index contributed by atoms with van der Waals surface area (Å²) in [6, 6.07) is 1.08.